The molecule has 2 heterocycles. The van der Waals surface area contributed by atoms with Gasteiger partial charge < -0.3 is 15.3 Å². The first kappa shape index (κ1) is 13.1. The largest absolute Gasteiger partial charge is 0.388 e. The van der Waals surface area contributed by atoms with Gasteiger partial charge in [0.15, 0.2) is 0 Å². The highest BCUT2D eigenvalue weighted by atomic mass is 16.3. The third-order valence-electron chi connectivity index (χ3n) is 3.29. The minimum Gasteiger partial charge on any atom is -0.388 e. The van der Waals surface area contributed by atoms with Gasteiger partial charge in [0.05, 0.1) is 5.60 Å². The van der Waals surface area contributed by atoms with Crippen molar-refractivity contribution < 1.29 is 5.11 Å². The molecule has 1 aliphatic heterocycles. The maximum atomic E-state index is 10.1. The van der Waals surface area contributed by atoms with Crippen molar-refractivity contribution in [3.05, 3.63) is 18.2 Å². The van der Waals surface area contributed by atoms with E-state index < -0.39 is 5.60 Å². The van der Waals surface area contributed by atoms with Crippen LogP contribution in [0.5, 0.6) is 0 Å². The maximum absolute atomic E-state index is 10.1. The molecule has 1 atom stereocenters. The summed E-state index contributed by atoms with van der Waals surface area (Å²) in [6.45, 7) is 6.61. The molecule has 0 bridgehead atoms. The molecule has 1 saturated heterocycles. The Balaban J connectivity index is 2.07. The fourth-order valence-corrected chi connectivity index (χ4v) is 2.37. The number of aliphatic hydroxyl groups is 1. The number of aromatic nitrogens is 1. The molecule has 0 aromatic carbocycles. The van der Waals surface area contributed by atoms with Crippen molar-refractivity contribution in [2.24, 2.45) is 0 Å². The van der Waals surface area contributed by atoms with E-state index in [4.69, 9.17) is 0 Å². The molecule has 18 heavy (non-hydrogen) atoms. The van der Waals surface area contributed by atoms with Crippen molar-refractivity contribution in [3.8, 4) is 0 Å². The van der Waals surface area contributed by atoms with Crippen molar-refractivity contribution in [2.45, 2.75) is 38.7 Å². The number of pyridine rings is 1. The van der Waals surface area contributed by atoms with E-state index in [2.05, 4.69) is 22.1 Å². The van der Waals surface area contributed by atoms with Crippen molar-refractivity contribution in [1.82, 2.24) is 4.98 Å². The van der Waals surface area contributed by atoms with E-state index in [0.717, 1.165) is 44.0 Å². The summed E-state index contributed by atoms with van der Waals surface area (Å²) in [6, 6.07) is 6.02. The number of nitrogens with zero attached hydrogens (tertiary/aromatic N) is 2. The quantitative estimate of drug-likeness (QED) is 0.859. The summed E-state index contributed by atoms with van der Waals surface area (Å²) in [5.41, 5.74) is -0.590. The number of hydrogen-bond acceptors (Lipinski definition) is 4. The van der Waals surface area contributed by atoms with Gasteiger partial charge in [-0.05, 0) is 38.3 Å². The van der Waals surface area contributed by atoms with Crippen molar-refractivity contribution in [1.29, 1.82) is 0 Å². The first-order valence-corrected chi connectivity index (χ1v) is 6.79. The van der Waals surface area contributed by atoms with Gasteiger partial charge in [-0.3, -0.25) is 0 Å². The van der Waals surface area contributed by atoms with Crippen LogP contribution in [0, 0.1) is 0 Å². The zero-order valence-electron chi connectivity index (χ0n) is 11.3. The van der Waals surface area contributed by atoms with Crippen LogP contribution in [-0.2, 0) is 0 Å². The lowest BCUT2D eigenvalue weighted by Gasteiger charge is -2.37. The number of piperidine rings is 1. The minimum absolute atomic E-state index is 0.590. The topological polar surface area (TPSA) is 48.4 Å². The van der Waals surface area contributed by atoms with Gasteiger partial charge in [-0.1, -0.05) is 13.0 Å². The molecule has 1 fully saturated rings. The van der Waals surface area contributed by atoms with Crippen LogP contribution in [0.25, 0.3) is 0 Å². The highest BCUT2D eigenvalue weighted by molar-refractivity contribution is 5.47. The number of nitrogens with one attached hydrogen (secondary N) is 1. The van der Waals surface area contributed by atoms with Gasteiger partial charge in [0.1, 0.15) is 11.6 Å². The molecule has 0 spiro atoms. The summed E-state index contributed by atoms with van der Waals surface area (Å²) in [5, 5.41) is 13.4. The Bertz CT molecular complexity index is 392. The summed E-state index contributed by atoms with van der Waals surface area (Å²) in [5.74, 6) is 1.87. The molecule has 1 aliphatic rings. The Morgan fingerprint density at radius 1 is 1.50 bits per heavy atom. The summed E-state index contributed by atoms with van der Waals surface area (Å²) < 4.78 is 0. The van der Waals surface area contributed by atoms with Gasteiger partial charge in [-0.2, -0.15) is 0 Å². The lowest BCUT2D eigenvalue weighted by Crippen LogP contribution is -2.46. The summed E-state index contributed by atoms with van der Waals surface area (Å²) >= 11 is 0. The monoisotopic (exact) mass is 249 g/mol. The second-order valence-electron chi connectivity index (χ2n) is 5.33. The highest BCUT2D eigenvalue weighted by Crippen LogP contribution is 2.25. The van der Waals surface area contributed by atoms with Crippen LogP contribution in [-0.4, -0.2) is 35.3 Å². The van der Waals surface area contributed by atoms with Crippen LogP contribution in [0.2, 0.25) is 0 Å². The zero-order valence-corrected chi connectivity index (χ0v) is 11.3. The van der Waals surface area contributed by atoms with Gasteiger partial charge >= 0.3 is 0 Å². The molecular formula is C14H23N3O. The van der Waals surface area contributed by atoms with Crippen LogP contribution < -0.4 is 10.2 Å². The van der Waals surface area contributed by atoms with Crippen LogP contribution in [0.15, 0.2) is 18.2 Å². The van der Waals surface area contributed by atoms with Gasteiger partial charge in [0, 0.05) is 19.6 Å². The third-order valence-corrected chi connectivity index (χ3v) is 3.29. The average Bonchev–Trinajstić information content (AvgIpc) is 2.35. The second kappa shape index (κ2) is 5.57. The first-order valence-electron chi connectivity index (χ1n) is 6.79. The molecule has 0 saturated carbocycles. The van der Waals surface area contributed by atoms with Crippen molar-refractivity contribution in [2.75, 3.05) is 29.9 Å². The molecule has 4 nitrogen and oxygen atoms in total. The van der Waals surface area contributed by atoms with E-state index in [9.17, 15) is 5.11 Å². The van der Waals surface area contributed by atoms with E-state index in [0.29, 0.717) is 6.54 Å². The Morgan fingerprint density at radius 2 is 2.33 bits per heavy atom. The van der Waals surface area contributed by atoms with E-state index in [-0.39, 0.29) is 0 Å². The van der Waals surface area contributed by atoms with Crippen LogP contribution in [0.4, 0.5) is 11.6 Å². The number of anilines is 2. The molecule has 1 aromatic rings. The van der Waals surface area contributed by atoms with E-state index >= 15 is 0 Å². The second-order valence-corrected chi connectivity index (χ2v) is 5.33. The smallest absolute Gasteiger partial charge is 0.131 e. The Labute approximate surface area is 109 Å². The van der Waals surface area contributed by atoms with Gasteiger partial charge in [-0.15, -0.1) is 0 Å². The first-order chi connectivity index (χ1) is 8.61. The predicted octanol–water partition coefficient (Wildman–Crippen LogP) is 2.25. The van der Waals surface area contributed by atoms with E-state index in [1.54, 1.807) is 0 Å². The van der Waals surface area contributed by atoms with Crippen LogP contribution >= 0.6 is 0 Å². The number of β-amino-alcohol motifs (C(OH)–C–C–N with tert-alkyl or cyclic N) is 1. The lowest BCUT2D eigenvalue weighted by molar-refractivity contribution is 0.0447. The Morgan fingerprint density at radius 3 is 3.06 bits per heavy atom. The molecule has 0 amide bonds. The standard InChI is InChI=1S/C14H23N3O/c1-3-9-15-12-6-4-7-13(16-12)17-10-5-8-14(2,18)11-17/h4,6-7,18H,3,5,8-11H2,1-2H3,(H,15,16). The third kappa shape index (κ3) is 3.35. The SMILES string of the molecule is CCCNc1cccc(N2CCCC(C)(O)C2)n1. The summed E-state index contributed by atoms with van der Waals surface area (Å²) in [4.78, 5) is 6.77. The molecular weight excluding hydrogens is 226 g/mol. The molecule has 1 aromatic heterocycles. The van der Waals surface area contributed by atoms with Crippen LogP contribution in [0.3, 0.4) is 0 Å². The Hall–Kier alpha value is -1.29. The predicted molar refractivity (Wildman–Crippen MR) is 75.1 cm³/mol. The van der Waals surface area contributed by atoms with Crippen molar-refractivity contribution >= 4 is 11.6 Å². The molecule has 0 aliphatic carbocycles. The molecule has 2 rings (SSSR count). The van der Waals surface area contributed by atoms with Gasteiger partial charge in [-0.25, -0.2) is 4.98 Å². The molecule has 100 valence electrons. The molecule has 1 unspecified atom stereocenters. The number of hydrogen-bond donors (Lipinski definition) is 2. The normalized spacial score (nSPS) is 24.1. The molecule has 2 N–H and O–H groups in total. The van der Waals surface area contributed by atoms with E-state index in [1.165, 1.54) is 0 Å². The highest BCUT2D eigenvalue weighted by Gasteiger charge is 2.28. The molecule has 4 heteroatoms. The van der Waals surface area contributed by atoms with E-state index in [1.807, 2.05) is 25.1 Å². The summed E-state index contributed by atoms with van der Waals surface area (Å²) in [6.07, 6.45) is 2.98. The fourth-order valence-electron chi connectivity index (χ4n) is 2.37. The summed E-state index contributed by atoms with van der Waals surface area (Å²) in [7, 11) is 0. The maximum Gasteiger partial charge on any atom is 0.131 e. The van der Waals surface area contributed by atoms with Crippen LogP contribution in [0.1, 0.15) is 33.1 Å². The average molecular weight is 249 g/mol. The van der Waals surface area contributed by atoms with Gasteiger partial charge in [0.25, 0.3) is 0 Å². The Kier molecular flexibility index (Phi) is 4.07. The number of rotatable bonds is 4. The van der Waals surface area contributed by atoms with Gasteiger partial charge in [0.2, 0.25) is 0 Å². The molecule has 0 radical (unpaired) electrons. The fraction of sp³-hybridized carbons (Fsp3) is 0.643. The minimum atomic E-state index is -0.590. The van der Waals surface area contributed by atoms with Crippen molar-refractivity contribution in [3.63, 3.8) is 0 Å². The zero-order chi connectivity index (χ0) is 13.0. The lowest BCUT2D eigenvalue weighted by atomic mass is 9.95.